The van der Waals surface area contributed by atoms with Crippen molar-refractivity contribution in [2.75, 3.05) is 0 Å². The molecule has 0 fully saturated rings. The molecule has 1 aliphatic heterocycles. The van der Waals surface area contributed by atoms with Crippen LogP contribution in [0, 0.1) is 6.08 Å². The van der Waals surface area contributed by atoms with Crippen LogP contribution in [0.1, 0.15) is 0 Å². The second kappa shape index (κ2) is 2.16. The minimum atomic E-state index is -0.576. The molecule has 0 N–H and O–H groups in total. The van der Waals surface area contributed by atoms with E-state index in [4.69, 9.17) is 0 Å². The first-order chi connectivity index (χ1) is 3.79. The fourth-order valence-corrected chi connectivity index (χ4v) is 0.538. The Kier molecular flexibility index (Phi) is 1.51. The Morgan fingerprint density at radius 1 is 1.75 bits per heavy atom. The summed E-state index contributed by atoms with van der Waals surface area (Å²) in [6.07, 6.45) is 5.13. The van der Waals surface area contributed by atoms with E-state index in [0.717, 1.165) is 4.48 Å². The van der Waals surface area contributed by atoms with E-state index in [2.05, 4.69) is 27.0 Å². The van der Waals surface area contributed by atoms with Crippen LogP contribution in [0.15, 0.2) is 21.8 Å². The van der Waals surface area contributed by atoms with Crippen molar-refractivity contribution in [1.29, 1.82) is 0 Å². The number of nitrogens with zero attached hydrogens (tertiary/aromatic N) is 1. The molecular formula is C5H2BrFN+. The second-order valence-electron chi connectivity index (χ2n) is 1.22. The van der Waals surface area contributed by atoms with Crippen LogP contribution in [0.3, 0.4) is 0 Å². The molecule has 8 heavy (non-hydrogen) atoms. The molecule has 0 aromatic carbocycles. The van der Waals surface area contributed by atoms with Crippen LogP contribution >= 0.6 is 15.9 Å². The molecule has 0 spiro atoms. The van der Waals surface area contributed by atoms with Gasteiger partial charge in [0.1, 0.15) is 6.20 Å². The number of rotatable bonds is 0. The third kappa shape index (κ3) is 1.22. The van der Waals surface area contributed by atoms with Crippen LogP contribution in [-0.4, -0.2) is 5.97 Å². The van der Waals surface area contributed by atoms with Crippen molar-refractivity contribution in [3.8, 4) is 0 Å². The number of halogens is 2. The molecule has 0 saturated carbocycles. The van der Waals surface area contributed by atoms with Crippen LogP contribution < -0.4 is 0 Å². The van der Waals surface area contributed by atoms with Gasteiger partial charge in [0.05, 0.1) is 15.9 Å². The van der Waals surface area contributed by atoms with Crippen molar-refractivity contribution < 1.29 is 4.39 Å². The van der Waals surface area contributed by atoms with Gasteiger partial charge in [-0.3, -0.25) is 0 Å². The summed E-state index contributed by atoms with van der Waals surface area (Å²) in [6.45, 7) is 0. The number of allylic oxidation sites excluding steroid dienone is 3. The predicted octanol–water partition coefficient (Wildman–Crippen LogP) is 1.96. The summed E-state index contributed by atoms with van der Waals surface area (Å²) in [6, 6.07) is 0. The lowest BCUT2D eigenvalue weighted by Crippen LogP contribution is -1.84. The molecule has 0 amide bonds. The smallest absolute Gasteiger partial charge is 0.177 e. The summed E-state index contributed by atoms with van der Waals surface area (Å²) in [5.74, 6) is -0.576. The Balaban J connectivity index is 2.86. The predicted molar refractivity (Wildman–Crippen MR) is 33.4 cm³/mol. The van der Waals surface area contributed by atoms with Crippen molar-refractivity contribution in [3.05, 3.63) is 22.8 Å². The quantitative estimate of drug-likeness (QED) is 0.499. The Bertz CT molecular complexity index is 161. The van der Waals surface area contributed by atoms with Gasteiger partial charge in [-0.15, -0.1) is 4.39 Å². The molecule has 0 bridgehead atoms. The van der Waals surface area contributed by atoms with E-state index >= 15 is 0 Å². The van der Waals surface area contributed by atoms with E-state index in [1.165, 1.54) is 12.3 Å². The van der Waals surface area contributed by atoms with Gasteiger partial charge in [-0.1, -0.05) is 0 Å². The van der Waals surface area contributed by atoms with Crippen LogP contribution in [0.2, 0.25) is 0 Å². The largest absolute Gasteiger partial charge is 0.361 e. The number of hydrogen-bond acceptors (Lipinski definition) is 1. The maximum absolute atomic E-state index is 11.9. The molecule has 1 nitrogen and oxygen atoms in total. The third-order valence-corrected chi connectivity index (χ3v) is 1.06. The second-order valence-corrected chi connectivity index (χ2v) is 2.14. The van der Waals surface area contributed by atoms with Gasteiger partial charge in [0.15, 0.2) is 16.6 Å². The highest BCUT2D eigenvalue weighted by atomic mass is 79.9. The SMILES string of the molecule is FC1=NC=C(Br)C=[C+]1. The molecule has 0 aliphatic carbocycles. The van der Waals surface area contributed by atoms with E-state index in [1.54, 1.807) is 0 Å². The Morgan fingerprint density at radius 2 is 2.50 bits per heavy atom. The van der Waals surface area contributed by atoms with Gasteiger partial charge in [-0.25, -0.2) is 0 Å². The lowest BCUT2D eigenvalue weighted by atomic mass is 10.4. The Morgan fingerprint density at radius 3 is 2.88 bits per heavy atom. The first kappa shape index (κ1) is 5.60. The lowest BCUT2D eigenvalue weighted by molar-refractivity contribution is 0.807. The first-order valence-corrected chi connectivity index (χ1v) is 2.77. The molecule has 1 aliphatic rings. The Labute approximate surface area is 54.7 Å². The highest BCUT2D eigenvalue weighted by Crippen LogP contribution is 2.09. The molecule has 1 rings (SSSR count). The summed E-state index contributed by atoms with van der Waals surface area (Å²) in [5, 5.41) is 0. The highest BCUT2D eigenvalue weighted by Gasteiger charge is 2.06. The zero-order chi connectivity index (χ0) is 5.98. The minimum absolute atomic E-state index is 0.576. The van der Waals surface area contributed by atoms with Crippen molar-refractivity contribution in [2.24, 2.45) is 4.99 Å². The summed E-state index contributed by atoms with van der Waals surface area (Å²) >= 11 is 3.08. The zero-order valence-electron chi connectivity index (χ0n) is 3.86. The van der Waals surface area contributed by atoms with Crippen molar-refractivity contribution in [3.63, 3.8) is 0 Å². The number of hydrogen-bond donors (Lipinski definition) is 0. The van der Waals surface area contributed by atoms with Crippen LogP contribution in [0.25, 0.3) is 0 Å². The van der Waals surface area contributed by atoms with E-state index in [-0.39, 0.29) is 0 Å². The lowest BCUT2D eigenvalue weighted by Gasteiger charge is -1.78. The van der Waals surface area contributed by atoms with Crippen LogP contribution in [-0.2, 0) is 0 Å². The fraction of sp³-hybridized carbons (Fsp3) is 0. The monoisotopic (exact) mass is 174 g/mol. The molecule has 40 valence electrons. The summed E-state index contributed by atoms with van der Waals surface area (Å²) in [7, 11) is 0. The molecule has 0 radical (unpaired) electrons. The summed E-state index contributed by atoms with van der Waals surface area (Å²) in [4.78, 5) is 3.31. The van der Waals surface area contributed by atoms with Crippen LogP contribution in [0.4, 0.5) is 4.39 Å². The van der Waals surface area contributed by atoms with E-state index in [1.807, 2.05) is 0 Å². The molecule has 0 aromatic heterocycles. The molecular weight excluding hydrogens is 173 g/mol. The van der Waals surface area contributed by atoms with Crippen LogP contribution in [0.5, 0.6) is 0 Å². The topological polar surface area (TPSA) is 12.4 Å². The van der Waals surface area contributed by atoms with E-state index < -0.39 is 5.97 Å². The number of aliphatic imine (C=N–C) groups is 1. The average Bonchev–Trinajstić information content (AvgIpc) is 1.77. The van der Waals surface area contributed by atoms with Gasteiger partial charge in [-0.2, -0.15) is 4.99 Å². The summed E-state index contributed by atoms with van der Waals surface area (Å²) < 4.78 is 12.6. The van der Waals surface area contributed by atoms with E-state index in [9.17, 15) is 4.39 Å². The van der Waals surface area contributed by atoms with Crippen molar-refractivity contribution in [1.82, 2.24) is 0 Å². The summed E-state index contributed by atoms with van der Waals surface area (Å²) in [5.41, 5.74) is 0. The highest BCUT2D eigenvalue weighted by molar-refractivity contribution is 9.11. The fourth-order valence-electron chi connectivity index (χ4n) is 0.321. The first-order valence-electron chi connectivity index (χ1n) is 1.98. The van der Waals surface area contributed by atoms with Gasteiger partial charge in [0, 0.05) is 0 Å². The maximum atomic E-state index is 11.9. The third-order valence-electron chi connectivity index (χ3n) is 0.630. The average molecular weight is 175 g/mol. The van der Waals surface area contributed by atoms with Gasteiger partial charge in [0.2, 0.25) is 0 Å². The molecule has 3 heteroatoms. The molecule has 0 atom stereocenters. The molecule has 0 saturated heterocycles. The normalized spacial score (nSPS) is 16.8. The van der Waals surface area contributed by atoms with Gasteiger partial charge in [0.25, 0.3) is 0 Å². The molecule has 0 aromatic rings. The standard InChI is InChI=1S/C5H2BrFN/c6-4-1-2-5(7)8-3-4/h1,3H/q+1. The van der Waals surface area contributed by atoms with Gasteiger partial charge >= 0.3 is 5.97 Å². The Hall–Kier alpha value is -0.530. The van der Waals surface area contributed by atoms with Gasteiger partial charge < -0.3 is 0 Å². The zero-order valence-corrected chi connectivity index (χ0v) is 5.44. The van der Waals surface area contributed by atoms with Crippen molar-refractivity contribution in [2.45, 2.75) is 0 Å². The molecule has 0 unspecified atom stereocenters. The maximum Gasteiger partial charge on any atom is 0.361 e. The van der Waals surface area contributed by atoms with E-state index in [0.29, 0.717) is 0 Å². The molecule has 1 heterocycles. The minimum Gasteiger partial charge on any atom is -0.177 e. The van der Waals surface area contributed by atoms with Crippen molar-refractivity contribution >= 4 is 21.9 Å². The van der Waals surface area contributed by atoms with Gasteiger partial charge in [-0.05, 0) is 0 Å².